The molecule has 0 saturated heterocycles. The van der Waals surface area contributed by atoms with Gasteiger partial charge in [0.2, 0.25) is 5.91 Å². The van der Waals surface area contributed by atoms with E-state index in [2.05, 4.69) is 5.32 Å². The second-order valence-electron chi connectivity index (χ2n) is 3.74. The number of hydrogen-bond donors (Lipinski definition) is 1. The summed E-state index contributed by atoms with van der Waals surface area (Å²) in [6.45, 7) is 0. The molecule has 0 atom stereocenters. The van der Waals surface area contributed by atoms with Gasteiger partial charge in [-0.3, -0.25) is 4.79 Å². The first-order valence-corrected chi connectivity index (χ1v) is 6.48. The Labute approximate surface area is 121 Å². The van der Waals surface area contributed by atoms with Crippen molar-refractivity contribution >= 4 is 34.8 Å². The molecule has 0 aliphatic heterocycles. The van der Waals surface area contributed by atoms with Gasteiger partial charge in [0.05, 0.1) is 5.69 Å². The van der Waals surface area contributed by atoms with Crippen LogP contribution in [0, 0.1) is 0 Å². The Kier molecular flexibility index (Phi) is 4.66. The van der Waals surface area contributed by atoms with Gasteiger partial charge >= 0.3 is 0 Å². The van der Waals surface area contributed by atoms with Crippen LogP contribution in [0.25, 0.3) is 0 Å². The summed E-state index contributed by atoms with van der Waals surface area (Å²) in [5, 5.41) is 3.18. The van der Waals surface area contributed by atoms with Crippen LogP contribution in [0.1, 0.15) is 0 Å². The highest BCUT2D eigenvalue weighted by Crippen LogP contribution is 2.32. The monoisotopic (exact) mass is 295 g/mol. The zero-order valence-electron chi connectivity index (χ0n) is 9.90. The molecule has 0 heterocycles. The maximum Gasteiger partial charge on any atom is 0.239 e. The molecule has 1 amide bonds. The number of para-hydroxylation sites is 1. The number of benzene rings is 2. The minimum absolute atomic E-state index is 0.118. The average molecular weight is 296 g/mol. The van der Waals surface area contributed by atoms with Crippen LogP contribution in [0.4, 0.5) is 5.69 Å². The van der Waals surface area contributed by atoms with E-state index in [4.69, 9.17) is 27.9 Å². The molecular weight excluding hydrogens is 285 g/mol. The van der Waals surface area contributed by atoms with Crippen molar-refractivity contribution in [3.63, 3.8) is 0 Å². The quantitative estimate of drug-likeness (QED) is 0.854. The van der Waals surface area contributed by atoms with Crippen LogP contribution in [0.2, 0.25) is 5.02 Å². The van der Waals surface area contributed by atoms with E-state index in [0.29, 0.717) is 22.2 Å². The van der Waals surface area contributed by atoms with Crippen LogP contribution in [0.5, 0.6) is 11.5 Å². The molecule has 0 unspecified atom stereocenters. The summed E-state index contributed by atoms with van der Waals surface area (Å²) in [6, 6.07) is 14.2. The summed E-state index contributed by atoms with van der Waals surface area (Å²) in [7, 11) is 0. The summed E-state index contributed by atoms with van der Waals surface area (Å²) in [5.74, 6) is 0.707. The Bertz CT molecular complexity index is 573. The number of halogens is 2. The second-order valence-corrected chi connectivity index (χ2v) is 4.44. The second kappa shape index (κ2) is 6.45. The van der Waals surface area contributed by atoms with Gasteiger partial charge in [-0.05, 0) is 24.3 Å². The van der Waals surface area contributed by atoms with Crippen molar-refractivity contribution in [1.29, 1.82) is 0 Å². The lowest BCUT2D eigenvalue weighted by Crippen LogP contribution is -2.13. The predicted octanol–water partition coefficient (Wildman–Crippen LogP) is 4.31. The SMILES string of the molecule is O=C(CCl)Nc1ccc(Cl)cc1Oc1ccccc1. The number of ether oxygens (including phenoxy) is 1. The molecule has 2 rings (SSSR count). The molecule has 0 bridgehead atoms. The van der Waals surface area contributed by atoms with Crippen molar-refractivity contribution in [2.24, 2.45) is 0 Å². The van der Waals surface area contributed by atoms with E-state index < -0.39 is 0 Å². The number of carbonyl (C=O) groups excluding carboxylic acids is 1. The normalized spacial score (nSPS) is 10.0. The largest absolute Gasteiger partial charge is 0.455 e. The van der Waals surface area contributed by atoms with Gasteiger partial charge < -0.3 is 10.1 Å². The molecule has 0 radical (unpaired) electrons. The number of amides is 1. The number of rotatable bonds is 4. The summed E-state index contributed by atoms with van der Waals surface area (Å²) < 4.78 is 5.69. The fourth-order valence-corrected chi connectivity index (χ4v) is 1.71. The van der Waals surface area contributed by atoms with Crippen LogP contribution in [-0.4, -0.2) is 11.8 Å². The third-order valence-electron chi connectivity index (χ3n) is 2.31. The first kappa shape index (κ1) is 13.7. The van der Waals surface area contributed by atoms with E-state index in [1.54, 1.807) is 18.2 Å². The predicted molar refractivity (Wildman–Crippen MR) is 77.3 cm³/mol. The van der Waals surface area contributed by atoms with E-state index in [1.807, 2.05) is 30.3 Å². The lowest BCUT2D eigenvalue weighted by Gasteiger charge is -2.12. The van der Waals surface area contributed by atoms with Crippen molar-refractivity contribution in [2.75, 3.05) is 11.2 Å². The van der Waals surface area contributed by atoms with E-state index >= 15 is 0 Å². The number of hydrogen-bond acceptors (Lipinski definition) is 2. The molecule has 0 saturated carbocycles. The number of anilines is 1. The van der Waals surface area contributed by atoms with Crippen molar-refractivity contribution in [1.82, 2.24) is 0 Å². The minimum Gasteiger partial charge on any atom is -0.455 e. The Balaban J connectivity index is 2.27. The molecule has 2 aromatic rings. The lowest BCUT2D eigenvalue weighted by atomic mass is 10.3. The highest BCUT2D eigenvalue weighted by Gasteiger charge is 2.09. The average Bonchev–Trinajstić information content (AvgIpc) is 2.43. The van der Waals surface area contributed by atoms with Gasteiger partial charge in [0.1, 0.15) is 11.6 Å². The molecule has 0 aromatic heterocycles. The lowest BCUT2D eigenvalue weighted by molar-refractivity contribution is -0.113. The Morgan fingerprint density at radius 1 is 1.16 bits per heavy atom. The van der Waals surface area contributed by atoms with Crippen LogP contribution in [0.15, 0.2) is 48.5 Å². The molecule has 19 heavy (non-hydrogen) atoms. The van der Waals surface area contributed by atoms with E-state index in [0.717, 1.165) is 0 Å². The van der Waals surface area contributed by atoms with E-state index in [-0.39, 0.29) is 11.8 Å². The van der Waals surface area contributed by atoms with Gasteiger partial charge in [0, 0.05) is 11.1 Å². The fraction of sp³-hybridized carbons (Fsp3) is 0.0714. The zero-order valence-corrected chi connectivity index (χ0v) is 11.4. The number of carbonyl (C=O) groups is 1. The standard InChI is InChI=1S/C14H11Cl2NO2/c15-9-14(18)17-12-7-6-10(16)8-13(12)19-11-4-2-1-3-5-11/h1-8H,9H2,(H,17,18). The Hall–Kier alpha value is -1.71. The molecule has 0 fully saturated rings. The highest BCUT2D eigenvalue weighted by molar-refractivity contribution is 6.31. The molecule has 98 valence electrons. The first-order chi connectivity index (χ1) is 9.19. The molecule has 0 aliphatic rings. The number of nitrogens with one attached hydrogen (secondary N) is 1. The van der Waals surface area contributed by atoms with E-state index in [9.17, 15) is 4.79 Å². The maximum atomic E-state index is 11.3. The van der Waals surface area contributed by atoms with Gasteiger partial charge in [-0.15, -0.1) is 11.6 Å². The smallest absolute Gasteiger partial charge is 0.239 e. The van der Waals surface area contributed by atoms with E-state index in [1.165, 1.54) is 0 Å². The molecule has 0 aliphatic carbocycles. The summed E-state index contributed by atoms with van der Waals surface area (Å²) in [4.78, 5) is 11.3. The van der Waals surface area contributed by atoms with Gasteiger partial charge in [-0.2, -0.15) is 0 Å². The molecule has 1 N–H and O–H groups in total. The minimum atomic E-state index is -0.304. The third-order valence-corrected chi connectivity index (χ3v) is 2.79. The highest BCUT2D eigenvalue weighted by atomic mass is 35.5. The molecule has 2 aromatic carbocycles. The summed E-state index contributed by atoms with van der Waals surface area (Å²) in [6.07, 6.45) is 0. The number of alkyl halides is 1. The summed E-state index contributed by atoms with van der Waals surface area (Å²) >= 11 is 11.4. The zero-order chi connectivity index (χ0) is 13.7. The maximum absolute atomic E-state index is 11.3. The topological polar surface area (TPSA) is 38.3 Å². The van der Waals surface area contributed by atoms with Gasteiger partial charge in [-0.1, -0.05) is 29.8 Å². The summed E-state index contributed by atoms with van der Waals surface area (Å²) in [5.41, 5.74) is 0.527. The molecule has 0 spiro atoms. The van der Waals surface area contributed by atoms with Gasteiger partial charge in [0.25, 0.3) is 0 Å². The van der Waals surface area contributed by atoms with Gasteiger partial charge in [0.15, 0.2) is 5.75 Å². The fourth-order valence-electron chi connectivity index (χ4n) is 1.48. The van der Waals surface area contributed by atoms with Crippen molar-refractivity contribution in [2.45, 2.75) is 0 Å². The van der Waals surface area contributed by atoms with Crippen LogP contribution < -0.4 is 10.1 Å². The van der Waals surface area contributed by atoms with Crippen LogP contribution in [-0.2, 0) is 4.79 Å². The Morgan fingerprint density at radius 3 is 2.58 bits per heavy atom. The van der Waals surface area contributed by atoms with Crippen molar-refractivity contribution in [3.8, 4) is 11.5 Å². The molecule has 3 nitrogen and oxygen atoms in total. The van der Waals surface area contributed by atoms with Crippen molar-refractivity contribution in [3.05, 3.63) is 53.6 Å². The first-order valence-electron chi connectivity index (χ1n) is 5.57. The van der Waals surface area contributed by atoms with Gasteiger partial charge in [-0.25, -0.2) is 0 Å². The third kappa shape index (κ3) is 3.88. The van der Waals surface area contributed by atoms with Crippen molar-refractivity contribution < 1.29 is 9.53 Å². The molecular formula is C14H11Cl2NO2. The van der Waals surface area contributed by atoms with Crippen LogP contribution in [0.3, 0.4) is 0 Å². The Morgan fingerprint density at radius 2 is 1.89 bits per heavy atom. The molecule has 5 heteroatoms. The van der Waals surface area contributed by atoms with Crippen LogP contribution >= 0.6 is 23.2 Å².